The molecule has 4 heteroatoms. The highest BCUT2D eigenvalue weighted by molar-refractivity contribution is 9.10. The predicted molar refractivity (Wildman–Crippen MR) is 85.1 cm³/mol. The van der Waals surface area contributed by atoms with Crippen molar-refractivity contribution in [2.24, 2.45) is 0 Å². The van der Waals surface area contributed by atoms with Crippen LogP contribution < -0.4 is 10.6 Å². The number of nitrogens with zero attached hydrogens (tertiary/aromatic N) is 1. The number of halogens is 1. The summed E-state index contributed by atoms with van der Waals surface area (Å²) in [4.78, 5) is 14.4. The second kappa shape index (κ2) is 4.94. The van der Waals surface area contributed by atoms with Crippen LogP contribution in [-0.4, -0.2) is 12.5 Å². The van der Waals surface area contributed by atoms with E-state index in [0.717, 1.165) is 27.8 Å². The van der Waals surface area contributed by atoms with E-state index in [1.54, 1.807) is 0 Å². The Balaban J connectivity index is 1.99. The molecule has 0 unspecified atom stereocenters. The summed E-state index contributed by atoms with van der Waals surface area (Å²) in [6.45, 7) is 2.71. The van der Waals surface area contributed by atoms with E-state index in [1.807, 2.05) is 42.2 Å². The van der Waals surface area contributed by atoms with Crippen molar-refractivity contribution in [3.63, 3.8) is 0 Å². The molecule has 20 heavy (non-hydrogen) atoms. The fraction of sp³-hybridized carbons (Fsp3) is 0.188. The van der Waals surface area contributed by atoms with Crippen molar-refractivity contribution < 1.29 is 4.79 Å². The maximum absolute atomic E-state index is 12.6. The van der Waals surface area contributed by atoms with Gasteiger partial charge in [-0.05, 0) is 48.7 Å². The molecule has 3 rings (SSSR count). The Morgan fingerprint density at radius 2 is 2.10 bits per heavy atom. The van der Waals surface area contributed by atoms with Crippen LogP contribution in [-0.2, 0) is 6.42 Å². The second-order valence-electron chi connectivity index (χ2n) is 5.05. The van der Waals surface area contributed by atoms with Gasteiger partial charge in [-0.25, -0.2) is 0 Å². The molecule has 0 fully saturated rings. The summed E-state index contributed by atoms with van der Waals surface area (Å²) in [7, 11) is 0. The van der Waals surface area contributed by atoms with Gasteiger partial charge in [-0.3, -0.25) is 4.79 Å². The van der Waals surface area contributed by atoms with Crippen LogP contribution in [0.5, 0.6) is 0 Å². The first-order valence-electron chi connectivity index (χ1n) is 6.52. The molecule has 1 aliphatic heterocycles. The standard InChI is InChI=1S/C16H15BrN2O/c1-10-7-11-5-6-19(15(11)9-14(10)18)16(20)12-3-2-4-13(17)8-12/h2-4,7-9H,5-6,18H2,1H3. The molecule has 2 N–H and O–H groups in total. The molecule has 0 saturated carbocycles. The number of rotatable bonds is 1. The Morgan fingerprint density at radius 1 is 1.30 bits per heavy atom. The van der Waals surface area contributed by atoms with Crippen molar-refractivity contribution in [1.82, 2.24) is 0 Å². The highest BCUT2D eigenvalue weighted by atomic mass is 79.9. The Hall–Kier alpha value is -1.81. The van der Waals surface area contributed by atoms with Gasteiger partial charge in [0.05, 0.1) is 0 Å². The van der Waals surface area contributed by atoms with E-state index in [2.05, 4.69) is 22.0 Å². The molecule has 0 bridgehead atoms. The summed E-state index contributed by atoms with van der Waals surface area (Å²) in [5.74, 6) is 0.0216. The van der Waals surface area contributed by atoms with Gasteiger partial charge in [0.1, 0.15) is 0 Å². The summed E-state index contributed by atoms with van der Waals surface area (Å²) >= 11 is 3.40. The summed E-state index contributed by atoms with van der Waals surface area (Å²) in [5, 5.41) is 0. The quantitative estimate of drug-likeness (QED) is 0.813. The number of anilines is 2. The average molecular weight is 331 g/mol. The Bertz CT molecular complexity index is 697. The van der Waals surface area contributed by atoms with Crippen molar-refractivity contribution in [3.8, 4) is 0 Å². The van der Waals surface area contributed by atoms with Crippen LogP contribution in [0.15, 0.2) is 40.9 Å². The highest BCUT2D eigenvalue weighted by Crippen LogP contribution is 2.33. The molecule has 0 spiro atoms. The number of hydrogen-bond donors (Lipinski definition) is 1. The minimum atomic E-state index is 0.0216. The van der Waals surface area contributed by atoms with Gasteiger partial charge in [0, 0.05) is 28.0 Å². The van der Waals surface area contributed by atoms with E-state index in [-0.39, 0.29) is 5.91 Å². The van der Waals surface area contributed by atoms with Gasteiger partial charge in [0.2, 0.25) is 0 Å². The first-order valence-corrected chi connectivity index (χ1v) is 7.32. The van der Waals surface area contributed by atoms with E-state index in [0.29, 0.717) is 12.1 Å². The van der Waals surface area contributed by atoms with Crippen LogP contribution in [0.4, 0.5) is 11.4 Å². The molecule has 0 saturated heterocycles. The number of amides is 1. The Labute approximate surface area is 126 Å². The Morgan fingerprint density at radius 3 is 2.85 bits per heavy atom. The molecule has 0 radical (unpaired) electrons. The number of benzene rings is 2. The maximum Gasteiger partial charge on any atom is 0.258 e. The fourth-order valence-electron chi connectivity index (χ4n) is 2.56. The SMILES string of the molecule is Cc1cc2c(cc1N)N(C(=O)c1cccc(Br)c1)CC2. The number of aryl methyl sites for hydroxylation is 1. The van der Waals surface area contributed by atoms with Crippen molar-refractivity contribution in [3.05, 3.63) is 57.6 Å². The highest BCUT2D eigenvalue weighted by Gasteiger charge is 2.26. The lowest BCUT2D eigenvalue weighted by Gasteiger charge is -2.18. The number of nitrogens with two attached hydrogens (primary N) is 1. The van der Waals surface area contributed by atoms with Crippen LogP contribution in [0.1, 0.15) is 21.5 Å². The van der Waals surface area contributed by atoms with Crippen LogP contribution in [0.2, 0.25) is 0 Å². The lowest BCUT2D eigenvalue weighted by molar-refractivity contribution is 0.0989. The second-order valence-corrected chi connectivity index (χ2v) is 5.97. The van der Waals surface area contributed by atoms with Gasteiger partial charge in [0.25, 0.3) is 5.91 Å². The van der Waals surface area contributed by atoms with Gasteiger partial charge >= 0.3 is 0 Å². The van der Waals surface area contributed by atoms with E-state index in [9.17, 15) is 4.79 Å². The summed E-state index contributed by atoms with van der Waals surface area (Å²) in [6, 6.07) is 11.5. The molecular formula is C16H15BrN2O. The molecule has 3 nitrogen and oxygen atoms in total. The van der Waals surface area contributed by atoms with Crippen molar-refractivity contribution in [2.45, 2.75) is 13.3 Å². The number of nitrogen functional groups attached to an aromatic ring is 1. The van der Waals surface area contributed by atoms with Gasteiger partial charge in [0.15, 0.2) is 0 Å². The minimum Gasteiger partial charge on any atom is -0.398 e. The fourth-order valence-corrected chi connectivity index (χ4v) is 2.96. The van der Waals surface area contributed by atoms with Crippen LogP contribution >= 0.6 is 15.9 Å². The summed E-state index contributed by atoms with van der Waals surface area (Å²) < 4.78 is 0.909. The lowest BCUT2D eigenvalue weighted by atomic mass is 10.1. The maximum atomic E-state index is 12.6. The zero-order valence-corrected chi connectivity index (χ0v) is 12.8. The molecule has 2 aromatic carbocycles. The average Bonchev–Trinajstić information content (AvgIpc) is 2.81. The number of carbonyl (C=O) groups excluding carboxylic acids is 1. The van der Waals surface area contributed by atoms with E-state index < -0.39 is 0 Å². The first kappa shape index (κ1) is 13.2. The zero-order valence-electron chi connectivity index (χ0n) is 11.2. The lowest BCUT2D eigenvalue weighted by Crippen LogP contribution is -2.28. The molecule has 1 aliphatic rings. The molecule has 102 valence electrons. The number of fused-ring (bicyclic) bond motifs is 1. The van der Waals surface area contributed by atoms with Crippen molar-refractivity contribution in [2.75, 3.05) is 17.2 Å². The number of hydrogen-bond acceptors (Lipinski definition) is 2. The van der Waals surface area contributed by atoms with Gasteiger partial charge in [-0.15, -0.1) is 0 Å². The molecule has 0 atom stereocenters. The molecule has 0 aromatic heterocycles. The van der Waals surface area contributed by atoms with Crippen LogP contribution in [0.3, 0.4) is 0 Å². The normalized spacial score (nSPS) is 13.4. The predicted octanol–water partition coefficient (Wildman–Crippen LogP) is 3.54. The minimum absolute atomic E-state index is 0.0216. The van der Waals surface area contributed by atoms with Gasteiger partial charge < -0.3 is 10.6 Å². The largest absolute Gasteiger partial charge is 0.398 e. The molecular weight excluding hydrogens is 316 g/mol. The summed E-state index contributed by atoms with van der Waals surface area (Å²) in [6.07, 6.45) is 0.885. The molecule has 1 amide bonds. The third kappa shape index (κ3) is 2.20. The zero-order chi connectivity index (χ0) is 14.3. The topological polar surface area (TPSA) is 46.3 Å². The third-order valence-electron chi connectivity index (χ3n) is 3.68. The molecule has 2 aromatic rings. The third-order valence-corrected chi connectivity index (χ3v) is 4.17. The van der Waals surface area contributed by atoms with E-state index >= 15 is 0 Å². The van der Waals surface area contributed by atoms with Crippen LogP contribution in [0.25, 0.3) is 0 Å². The van der Waals surface area contributed by atoms with Crippen molar-refractivity contribution in [1.29, 1.82) is 0 Å². The van der Waals surface area contributed by atoms with E-state index in [4.69, 9.17) is 5.73 Å². The van der Waals surface area contributed by atoms with Gasteiger partial charge in [-0.2, -0.15) is 0 Å². The Kier molecular flexibility index (Phi) is 3.26. The molecule has 0 aliphatic carbocycles. The summed E-state index contributed by atoms with van der Waals surface area (Å²) in [5.41, 5.74) is 10.6. The monoisotopic (exact) mass is 330 g/mol. The smallest absolute Gasteiger partial charge is 0.258 e. The first-order chi connectivity index (χ1) is 9.56. The molecule has 1 heterocycles. The number of carbonyl (C=O) groups is 1. The van der Waals surface area contributed by atoms with Crippen molar-refractivity contribution >= 4 is 33.2 Å². The van der Waals surface area contributed by atoms with Gasteiger partial charge in [-0.1, -0.05) is 28.1 Å². The van der Waals surface area contributed by atoms with E-state index in [1.165, 1.54) is 5.56 Å². The van der Waals surface area contributed by atoms with Crippen LogP contribution in [0, 0.1) is 6.92 Å².